The Bertz CT molecular complexity index is 1540. The Kier molecular flexibility index (Phi) is 47.7. The van der Waals surface area contributed by atoms with E-state index in [1.165, 1.54) is 44.9 Å². The second-order valence-corrected chi connectivity index (χ2v) is 15.8. The van der Waals surface area contributed by atoms with Crippen molar-refractivity contribution in [2.75, 3.05) is 13.2 Å². The fourth-order valence-electron chi connectivity index (χ4n) is 6.03. The molecule has 0 bridgehead atoms. The molecule has 360 valence electrons. The Morgan fingerprint density at radius 1 is 0.338 bits per heavy atom. The van der Waals surface area contributed by atoms with Crippen LogP contribution in [0.4, 0.5) is 0 Å². The maximum Gasteiger partial charge on any atom is 0.306 e. The number of carbonyl (C=O) groups excluding carboxylic acids is 3. The highest BCUT2D eigenvalue weighted by Gasteiger charge is 2.19. The van der Waals surface area contributed by atoms with Crippen molar-refractivity contribution in [1.82, 2.24) is 0 Å². The predicted octanol–water partition coefficient (Wildman–Crippen LogP) is 16.6. The van der Waals surface area contributed by atoms with Gasteiger partial charge in [-0.05, 0) is 89.9 Å². The summed E-state index contributed by atoms with van der Waals surface area (Å²) in [7, 11) is 0. The minimum absolute atomic E-state index is 0.141. The quantitative estimate of drug-likeness (QED) is 0.0200. The van der Waals surface area contributed by atoms with Crippen LogP contribution in [0.5, 0.6) is 0 Å². The Morgan fingerprint density at radius 2 is 0.677 bits per heavy atom. The summed E-state index contributed by atoms with van der Waals surface area (Å²) >= 11 is 0. The van der Waals surface area contributed by atoms with Crippen LogP contribution in [0.2, 0.25) is 0 Å². The third kappa shape index (κ3) is 49.9. The molecule has 0 aliphatic rings. The average molecular weight is 893 g/mol. The fraction of sp³-hybridized carbons (Fsp3) is 0.508. The van der Waals surface area contributed by atoms with Gasteiger partial charge in [-0.2, -0.15) is 0 Å². The molecule has 0 saturated carbocycles. The number of esters is 3. The SMILES string of the molecule is CC\C=C/C=C\C=C/C=C\C=C/CCCCCC(=O)OCC(COC(=O)CCC/C=C\C/C=C\C/C=C\CCCCCCCC)OC(=O)CCCCC\C=C/C=C\C=C/C=C\C=C/CC. The van der Waals surface area contributed by atoms with Gasteiger partial charge >= 0.3 is 17.9 Å². The van der Waals surface area contributed by atoms with E-state index >= 15 is 0 Å². The lowest BCUT2D eigenvalue weighted by Crippen LogP contribution is -2.30. The number of carbonyl (C=O) groups is 3. The van der Waals surface area contributed by atoms with Crippen molar-refractivity contribution < 1.29 is 28.6 Å². The molecule has 0 fully saturated rings. The first-order chi connectivity index (χ1) is 32.0. The molecule has 6 nitrogen and oxygen atoms in total. The molecule has 0 spiro atoms. The van der Waals surface area contributed by atoms with Gasteiger partial charge < -0.3 is 14.2 Å². The first-order valence-electron chi connectivity index (χ1n) is 25.1. The lowest BCUT2D eigenvalue weighted by Gasteiger charge is -2.18. The van der Waals surface area contributed by atoms with E-state index < -0.39 is 6.10 Å². The molecule has 0 aromatic rings. The largest absolute Gasteiger partial charge is 0.462 e. The summed E-state index contributed by atoms with van der Waals surface area (Å²) in [5.41, 5.74) is 0. The minimum Gasteiger partial charge on any atom is -0.462 e. The van der Waals surface area contributed by atoms with E-state index in [1.54, 1.807) is 0 Å². The van der Waals surface area contributed by atoms with Gasteiger partial charge in [-0.3, -0.25) is 14.4 Å². The maximum absolute atomic E-state index is 12.8. The third-order valence-electron chi connectivity index (χ3n) is 9.75. The van der Waals surface area contributed by atoms with Crippen molar-refractivity contribution in [3.63, 3.8) is 0 Å². The van der Waals surface area contributed by atoms with E-state index in [0.29, 0.717) is 19.3 Å². The molecule has 0 aromatic heterocycles. The summed E-state index contributed by atoms with van der Waals surface area (Å²) in [6, 6.07) is 0. The van der Waals surface area contributed by atoms with Crippen LogP contribution < -0.4 is 0 Å². The number of unbranched alkanes of at least 4 members (excludes halogenated alkanes) is 13. The zero-order chi connectivity index (χ0) is 47.2. The highest BCUT2D eigenvalue weighted by atomic mass is 16.6. The number of hydrogen-bond donors (Lipinski definition) is 0. The molecule has 1 unspecified atom stereocenters. The summed E-state index contributed by atoms with van der Waals surface area (Å²) < 4.78 is 16.7. The van der Waals surface area contributed by atoms with E-state index in [0.717, 1.165) is 70.6 Å². The number of allylic oxidation sites excluding steroid dienone is 26. The summed E-state index contributed by atoms with van der Waals surface area (Å²) in [5, 5.41) is 0. The topological polar surface area (TPSA) is 78.9 Å². The third-order valence-corrected chi connectivity index (χ3v) is 9.75. The molecule has 0 heterocycles. The van der Waals surface area contributed by atoms with Crippen LogP contribution in [0.1, 0.15) is 175 Å². The second kappa shape index (κ2) is 51.7. The smallest absolute Gasteiger partial charge is 0.306 e. The molecule has 65 heavy (non-hydrogen) atoms. The van der Waals surface area contributed by atoms with Crippen LogP contribution in [0.15, 0.2) is 158 Å². The summed E-state index contributed by atoms with van der Waals surface area (Å²) in [6.07, 6.45) is 75.1. The first-order valence-corrected chi connectivity index (χ1v) is 25.1. The molecule has 0 aromatic carbocycles. The number of hydrogen-bond acceptors (Lipinski definition) is 6. The molecule has 0 radical (unpaired) electrons. The maximum atomic E-state index is 12.8. The summed E-state index contributed by atoms with van der Waals surface area (Å²) in [5.74, 6) is -1.09. The minimum atomic E-state index is -0.846. The summed E-state index contributed by atoms with van der Waals surface area (Å²) in [6.45, 7) is 6.19. The van der Waals surface area contributed by atoms with E-state index in [2.05, 4.69) is 81.5 Å². The number of rotatable bonds is 42. The van der Waals surface area contributed by atoms with Crippen LogP contribution in [0.25, 0.3) is 0 Å². The molecular formula is C59H88O6. The van der Waals surface area contributed by atoms with Gasteiger partial charge in [-0.1, -0.05) is 224 Å². The van der Waals surface area contributed by atoms with Crippen molar-refractivity contribution in [2.45, 2.75) is 181 Å². The zero-order valence-corrected chi connectivity index (χ0v) is 40.9. The highest BCUT2D eigenvalue weighted by molar-refractivity contribution is 5.71. The monoisotopic (exact) mass is 893 g/mol. The highest BCUT2D eigenvalue weighted by Crippen LogP contribution is 2.11. The van der Waals surface area contributed by atoms with Gasteiger partial charge in [-0.15, -0.1) is 0 Å². The van der Waals surface area contributed by atoms with Gasteiger partial charge in [0.2, 0.25) is 0 Å². The number of ether oxygens (including phenoxy) is 3. The normalized spacial score (nSPS) is 13.5. The van der Waals surface area contributed by atoms with Crippen molar-refractivity contribution in [3.8, 4) is 0 Å². The summed E-state index contributed by atoms with van der Waals surface area (Å²) in [4.78, 5) is 37.9. The predicted molar refractivity (Wildman–Crippen MR) is 278 cm³/mol. The Labute approximate surface area is 397 Å². The van der Waals surface area contributed by atoms with Gasteiger partial charge in [0.05, 0.1) is 0 Å². The molecular weight excluding hydrogens is 805 g/mol. The fourth-order valence-corrected chi connectivity index (χ4v) is 6.03. The van der Waals surface area contributed by atoms with Gasteiger partial charge in [0.1, 0.15) is 13.2 Å². The molecule has 0 rings (SSSR count). The van der Waals surface area contributed by atoms with Gasteiger partial charge in [0.25, 0.3) is 0 Å². The van der Waals surface area contributed by atoms with E-state index in [4.69, 9.17) is 14.2 Å². The molecule has 0 saturated heterocycles. The molecule has 0 N–H and O–H groups in total. The van der Waals surface area contributed by atoms with E-state index in [1.807, 2.05) is 97.2 Å². The first kappa shape index (κ1) is 60.0. The van der Waals surface area contributed by atoms with E-state index in [-0.39, 0.29) is 50.4 Å². The van der Waals surface area contributed by atoms with Crippen molar-refractivity contribution in [1.29, 1.82) is 0 Å². The second-order valence-electron chi connectivity index (χ2n) is 15.8. The van der Waals surface area contributed by atoms with Crippen molar-refractivity contribution in [2.24, 2.45) is 0 Å². The van der Waals surface area contributed by atoms with Crippen LogP contribution in [-0.4, -0.2) is 37.2 Å². The molecule has 0 amide bonds. The van der Waals surface area contributed by atoms with E-state index in [9.17, 15) is 14.4 Å². The van der Waals surface area contributed by atoms with Gasteiger partial charge in [0.15, 0.2) is 6.10 Å². The molecule has 6 heteroatoms. The van der Waals surface area contributed by atoms with Crippen LogP contribution >= 0.6 is 0 Å². The van der Waals surface area contributed by atoms with Crippen LogP contribution in [0, 0.1) is 0 Å². The molecule has 1 atom stereocenters. The van der Waals surface area contributed by atoms with Gasteiger partial charge in [0, 0.05) is 19.3 Å². The Hall–Kier alpha value is -4.97. The standard InChI is InChI=1S/C59H88O6/c1-4-7-10-13-16-19-22-25-28-29-32-34-37-40-43-46-49-52-58(61)64-55-56(65-59(62)53-50-47-44-41-38-35-31-27-24-21-18-15-12-9-6-3)54-63-57(60)51-48-45-42-39-36-33-30-26-23-20-17-14-11-8-5-2/h8-9,11-12,14-15,17-18,20-21,23-28,30-36,38,40,43,56H,4-7,10,13,16,19,22,29,37,39,41-42,44-55H2,1-3H3/b11-8-,12-9-,17-14-,18-15-,23-20-,24-21-,28-25-,30-26-,31-27-,34-32-,36-33-,38-35-,43-40-. The van der Waals surface area contributed by atoms with Crippen LogP contribution in [0.3, 0.4) is 0 Å². The lowest BCUT2D eigenvalue weighted by molar-refractivity contribution is -0.167. The van der Waals surface area contributed by atoms with Crippen LogP contribution in [-0.2, 0) is 28.6 Å². The Balaban J connectivity index is 4.66. The van der Waals surface area contributed by atoms with Crippen molar-refractivity contribution in [3.05, 3.63) is 158 Å². The zero-order valence-electron chi connectivity index (χ0n) is 40.9. The molecule has 0 aliphatic heterocycles. The van der Waals surface area contributed by atoms with Gasteiger partial charge in [-0.25, -0.2) is 0 Å². The lowest BCUT2D eigenvalue weighted by atomic mass is 10.1. The average Bonchev–Trinajstić information content (AvgIpc) is 3.30. The van der Waals surface area contributed by atoms with Crippen molar-refractivity contribution >= 4 is 17.9 Å². The molecule has 0 aliphatic carbocycles. The Morgan fingerprint density at radius 3 is 1.14 bits per heavy atom.